The van der Waals surface area contributed by atoms with Crippen molar-refractivity contribution in [3.05, 3.63) is 29.8 Å². The van der Waals surface area contributed by atoms with Crippen molar-refractivity contribution in [2.24, 2.45) is 5.73 Å². The van der Waals surface area contributed by atoms with E-state index in [0.29, 0.717) is 13.1 Å². The Labute approximate surface area is 145 Å². The van der Waals surface area contributed by atoms with Gasteiger partial charge in [0.1, 0.15) is 5.75 Å². The van der Waals surface area contributed by atoms with Crippen molar-refractivity contribution >= 4 is 18.3 Å². The normalized spacial score (nSPS) is 16.7. The van der Waals surface area contributed by atoms with Crippen LogP contribution in [0, 0.1) is 0 Å². The quantitative estimate of drug-likeness (QED) is 0.888. The van der Waals surface area contributed by atoms with Crippen LogP contribution in [0.25, 0.3) is 0 Å². The number of hydrogen-bond donors (Lipinski definition) is 1. The van der Waals surface area contributed by atoms with E-state index in [0.717, 1.165) is 37.4 Å². The molecule has 1 fully saturated rings. The van der Waals surface area contributed by atoms with Crippen LogP contribution in [0.2, 0.25) is 0 Å². The molecule has 5 nitrogen and oxygen atoms in total. The molecule has 0 bridgehead atoms. The third-order valence-corrected chi connectivity index (χ3v) is 3.78. The van der Waals surface area contributed by atoms with Gasteiger partial charge < -0.3 is 15.4 Å². The molecule has 0 saturated carbocycles. The van der Waals surface area contributed by atoms with E-state index in [1.165, 1.54) is 0 Å². The number of methoxy groups -OCH3 is 1. The van der Waals surface area contributed by atoms with E-state index in [4.69, 9.17) is 10.5 Å². The predicted octanol–water partition coefficient (Wildman–Crippen LogP) is 1.89. The maximum atomic E-state index is 12.5. The standard InChI is InChI=1S/C17H27N3O2.ClH/c1-17(2,18)13-19-9-4-10-20(16(21)12-19)11-14-5-7-15(22-3)8-6-14;/h5-8H,4,9-13,18H2,1-3H3;1H. The van der Waals surface area contributed by atoms with Crippen LogP contribution in [0.5, 0.6) is 5.75 Å². The Morgan fingerprint density at radius 1 is 1.22 bits per heavy atom. The molecule has 1 heterocycles. The monoisotopic (exact) mass is 341 g/mol. The zero-order valence-electron chi connectivity index (χ0n) is 14.2. The van der Waals surface area contributed by atoms with E-state index in [-0.39, 0.29) is 23.9 Å². The first-order chi connectivity index (χ1) is 10.4. The predicted molar refractivity (Wildman–Crippen MR) is 95.0 cm³/mol. The molecule has 2 rings (SSSR count). The Morgan fingerprint density at radius 3 is 2.43 bits per heavy atom. The van der Waals surface area contributed by atoms with Crippen LogP contribution in [-0.2, 0) is 11.3 Å². The Bertz CT molecular complexity index is 500. The van der Waals surface area contributed by atoms with Gasteiger partial charge in [-0.2, -0.15) is 0 Å². The van der Waals surface area contributed by atoms with Gasteiger partial charge in [0.05, 0.1) is 13.7 Å². The van der Waals surface area contributed by atoms with Crippen molar-refractivity contribution in [3.63, 3.8) is 0 Å². The molecule has 0 aliphatic carbocycles. The molecule has 0 unspecified atom stereocenters. The Balaban J connectivity index is 0.00000264. The van der Waals surface area contributed by atoms with Crippen molar-refractivity contribution in [2.75, 3.05) is 33.3 Å². The summed E-state index contributed by atoms with van der Waals surface area (Å²) in [7, 11) is 1.65. The summed E-state index contributed by atoms with van der Waals surface area (Å²) in [5.41, 5.74) is 6.92. The minimum Gasteiger partial charge on any atom is -0.497 e. The number of halogens is 1. The average molecular weight is 342 g/mol. The van der Waals surface area contributed by atoms with Crippen LogP contribution < -0.4 is 10.5 Å². The lowest BCUT2D eigenvalue weighted by Crippen LogP contribution is -2.47. The molecule has 130 valence electrons. The lowest BCUT2D eigenvalue weighted by atomic mass is 10.1. The summed E-state index contributed by atoms with van der Waals surface area (Å²) in [6.07, 6.45) is 0.984. The highest BCUT2D eigenvalue weighted by atomic mass is 35.5. The number of amides is 1. The Morgan fingerprint density at radius 2 is 1.87 bits per heavy atom. The topological polar surface area (TPSA) is 58.8 Å². The van der Waals surface area contributed by atoms with Crippen molar-refractivity contribution in [2.45, 2.75) is 32.4 Å². The van der Waals surface area contributed by atoms with Gasteiger partial charge in [-0.3, -0.25) is 9.69 Å². The number of benzene rings is 1. The van der Waals surface area contributed by atoms with Crippen LogP contribution in [0.4, 0.5) is 0 Å². The molecular formula is C17H28ClN3O2. The molecule has 1 aromatic rings. The lowest BCUT2D eigenvalue weighted by molar-refractivity contribution is -0.131. The van der Waals surface area contributed by atoms with Gasteiger partial charge in [0.15, 0.2) is 0 Å². The van der Waals surface area contributed by atoms with Gasteiger partial charge >= 0.3 is 0 Å². The van der Waals surface area contributed by atoms with Crippen molar-refractivity contribution in [1.29, 1.82) is 0 Å². The second-order valence-corrected chi connectivity index (χ2v) is 6.72. The van der Waals surface area contributed by atoms with Gasteiger partial charge in [-0.25, -0.2) is 0 Å². The van der Waals surface area contributed by atoms with Gasteiger partial charge in [-0.15, -0.1) is 12.4 Å². The fraction of sp³-hybridized carbons (Fsp3) is 0.588. The molecule has 0 radical (unpaired) electrons. The Hall–Kier alpha value is -1.30. The van der Waals surface area contributed by atoms with Gasteiger partial charge in [0, 0.05) is 31.7 Å². The van der Waals surface area contributed by atoms with Gasteiger partial charge in [0.25, 0.3) is 0 Å². The number of hydrogen-bond acceptors (Lipinski definition) is 4. The highest BCUT2D eigenvalue weighted by Gasteiger charge is 2.24. The van der Waals surface area contributed by atoms with Gasteiger partial charge in [0.2, 0.25) is 5.91 Å². The Kier molecular flexibility index (Phi) is 7.32. The van der Waals surface area contributed by atoms with Crippen LogP contribution in [0.3, 0.4) is 0 Å². The highest BCUT2D eigenvalue weighted by molar-refractivity contribution is 5.85. The lowest BCUT2D eigenvalue weighted by Gasteiger charge is -2.28. The van der Waals surface area contributed by atoms with E-state index in [1.807, 2.05) is 43.0 Å². The number of nitrogens with two attached hydrogens (primary N) is 1. The first-order valence-corrected chi connectivity index (χ1v) is 7.79. The number of carbonyl (C=O) groups excluding carboxylic acids is 1. The minimum atomic E-state index is -0.272. The second kappa shape index (κ2) is 8.52. The third-order valence-electron chi connectivity index (χ3n) is 3.78. The maximum Gasteiger partial charge on any atom is 0.237 e. The summed E-state index contributed by atoms with van der Waals surface area (Å²) in [5.74, 6) is 1.01. The molecular weight excluding hydrogens is 314 g/mol. The SMILES string of the molecule is COc1ccc(CN2CCCN(CC(C)(C)N)CC2=O)cc1.Cl. The van der Waals surface area contributed by atoms with E-state index in [2.05, 4.69) is 4.90 Å². The average Bonchev–Trinajstić information content (AvgIpc) is 2.60. The number of rotatable bonds is 5. The summed E-state index contributed by atoms with van der Waals surface area (Å²) in [6, 6.07) is 7.89. The first-order valence-electron chi connectivity index (χ1n) is 7.79. The zero-order valence-corrected chi connectivity index (χ0v) is 15.1. The molecule has 0 atom stereocenters. The zero-order chi connectivity index (χ0) is 16.2. The third kappa shape index (κ3) is 6.37. The van der Waals surface area contributed by atoms with Gasteiger partial charge in [-0.05, 0) is 38.0 Å². The summed E-state index contributed by atoms with van der Waals surface area (Å²) < 4.78 is 5.16. The molecule has 1 aromatic carbocycles. The van der Waals surface area contributed by atoms with Crippen LogP contribution in [-0.4, -0.2) is 54.5 Å². The minimum absolute atomic E-state index is 0. The first kappa shape index (κ1) is 19.7. The van der Waals surface area contributed by atoms with Crippen molar-refractivity contribution in [3.8, 4) is 5.75 Å². The number of carbonyl (C=O) groups is 1. The number of ether oxygens (including phenoxy) is 1. The highest BCUT2D eigenvalue weighted by Crippen LogP contribution is 2.15. The summed E-state index contributed by atoms with van der Waals surface area (Å²) in [5, 5.41) is 0. The fourth-order valence-corrected chi connectivity index (χ4v) is 2.81. The van der Waals surface area contributed by atoms with Crippen LogP contribution >= 0.6 is 12.4 Å². The largest absolute Gasteiger partial charge is 0.497 e. The van der Waals surface area contributed by atoms with Crippen LogP contribution in [0.15, 0.2) is 24.3 Å². The van der Waals surface area contributed by atoms with E-state index in [1.54, 1.807) is 7.11 Å². The molecule has 1 amide bonds. The van der Waals surface area contributed by atoms with Crippen LogP contribution in [0.1, 0.15) is 25.8 Å². The summed E-state index contributed by atoms with van der Waals surface area (Å²) in [6.45, 7) is 7.57. The molecule has 2 N–H and O–H groups in total. The maximum absolute atomic E-state index is 12.5. The molecule has 1 saturated heterocycles. The molecule has 6 heteroatoms. The molecule has 23 heavy (non-hydrogen) atoms. The molecule has 0 spiro atoms. The van der Waals surface area contributed by atoms with Gasteiger partial charge in [-0.1, -0.05) is 12.1 Å². The van der Waals surface area contributed by atoms with E-state index in [9.17, 15) is 4.79 Å². The van der Waals surface area contributed by atoms with E-state index < -0.39 is 0 Å². The fourth-order valence-electron chi connectivity index (χ4n) is 2.81. The smallest absolute Gasteiger partial charge is 0.237 e. The second-order valence-electron chi connectivity index (χ2n) is 6.72. The molecule has 1 aliphatic heterocycles. The van der Waals surface area contributed by atoms with E-state index >= 15 is 0 Å². The molecule has 1 aliphatic rings. The number of nitrogens with zero attached hydrogens (tertiary/aromatic N) is 2. The molecule has 0 aromatic heterocycles. The summed E-state index contributed by atoms with van der Waals surface area (Å²) >= 11 is 0. The van der Waals surface area contributed by atoms with Crippen molar-refractivity contribution < 1.29 is 9.53 Å². The summed E-state index contributed by atoms with van der Waals surface area (Å²) in [4.78, 5) is 16.6. The van der Waals surface area contributed by atoms with Crippen molar-refractivity contribution in [1.82, 2.24) is 9.80 Å².